The Morgan fingerprint density at radius 1 is 1.33 bits per heavy atom. The van der Waals surface area contributed by atoms with Gasteiger partial charge in [-0.1, -0.05) is 12.1 Å². The van der Waals surface area contributed by atoms with Gasteiger partial charge < -0.3 is 9.15 Å². The summed E-state index contributed by atoms with van der Waals surface area (Å²) < 4.78 is 11.1. The molecule has 2 heterocycles. The molecular weight excluding hydrogens is 344 g/mol. The summed E-state index contributed by atoms with van der Waals surface area (Å²) in [6.45, 7) is 7.12. The number of rotatable bonds is 3. The van der Waals surface area contributed by atoms with Crippen molar-refractivity contribution in [2.24, 2.45) is 10.9 Å². The van der Waals surface area contributed by atoms with Gasteiger partial charge in [0.25, 0.3) is 0 Å². The Morgan fingerprint density at radius 2 is 2.07 bits per heavy atom. The van der Waals surface area contributed by atoms with E-state index in [1.807, 2.05) is 0 Å². The minimum Gasteiger partial charge on any atom is -0.463 e. The van der Waals surface area contributed by atoms with E-state index < -0.39 is 17.8 Å². The Balaban J connectivity index is 2.34. The Morgan fingerprint density at radius 3 is 2.74 bits per heavy atom. The molecule has 27 heavy (non-hydrogen) atoms. The Hall–Kier alpha value is -3.20. The number of esters is 1. The molecule has 0 saturated carbocycles. The van der Waals surface area contributed by atoms with Gasteiger partial charge in [0.05, 0.1) is 29.6 Å². The van der Waals surface area contributed by atoms with E-state index in [9.17, 15) is 14.9 Å². The highest BCUT2D eigenvalue weighted by Gasteiger charge is 2.39. The quantitative estimate of drug-likeness (QED) is 0.775. The summed E-state index contributed by atoms with van der Waals surface area (Å²) in [4.78, 5) is 29.5. The molecule has 0 aliphatic carbocycles. The van der Waals surface area contributed by atoms with E-state index in [0.29, 0.717) is 39.3 Å². The SMILES string of the molecule is CCOC(=O)C1=C(C)N=C(C)C(C#N)[C@H]1c1cccc2c(=O)cc(C)oc12. The maximum Gasteiger partial charge on any atom is 0.336 e. The summed E-state index contributed by atoms with van der Waals surface area (Å²) in [5.41, 5.74) is 2.28. The van der Waals surface area contributed by atoms with E-state index >= 15 is 0 Å². The van der Waals surface area contributed by atoms with E-state index in [1.54, 1.807) is 45.9 Å². The van der Waals surface area contributed by atoms with Crippen molar-refractivity contribution in [1.29, 1.82) is 5.26 Å². The van der Waals surface area contributed by atoms with Crippen LogP contribution in [0.15, 0.2) is 49.7 Å². The molecule has 2 aromatic rings. The van der Waals surface area contributed by atoms with Crippen LogP contribution in [-0.2, 0) is 9.53 Å². The smallest absolute Gasteiger partial charge is 0.336 e. The second-order valence-electron chi connectivity index (χ2n) is 6.50. The molecule has 2 atom stereocenters. The van der Waals surface area contributed by atoms with Crippen LogP contribution in [-0.4, -0.2) is 18.3 Å². The number of hydrogen-bond acceptors (Lipinski definition) is 6. The maximum atomic E-state index is 12.7. The molecule has 6 nitrogen and oxygen atoms in total. The minimum absolute atomic E-state index is 0.163. The van der Waals surface area contributed by atoms with Crippen LogP contribution < -0.4 is 5.43 Å². The van der Waals surface area contributed by atoms with Crippen LogP contribution in [0, 0.1) is 24.2 Å². The van der Waals surface area contributed by atoms with Gasteiger partial charge in [0.2, 0.25) is 0 Å². The lowest BCUT2D eigenvalue weighted by molar-refractivity contribution is -0.139. The monoisotopic (exact) mass is 364 g/mol. The fraction of sp³-hybridized carbons (Fsp3) is 0.333. The second-order valence-corrected chi connectivity index (χ2v) is 6.50. The molecule has 0 saturated heterocycles. The number of carbonyl (C=O) groups is 1. The average Bonchev–Trinajstić information content (AvgIpc) is 2.60. The third kappa shape index (κ3) is 3.17. The number of ether oxygens (including phenoxy) is 1. The summed E-state index contributed by atoms with van der Waals surface area (Å²) in [5, 5.41) is 10.2. The van der Waals surface area contributed by atoms with E-state index in [2.05, 4.69) is 11.1 Å². The number of nitriles is 1. The largest absolute Gasteiger partial charge is 0.463 e. The second kappa shape index (κ2) is 7.20. The zero-order valence-corrected chi connectivity index (χ0v) is 15.7. The highest BCUT2D eigenvalue weighted by atomic mass is 16.5. The fourth-order valence-electron chi connectivity index (χ4n) is 3.57. The van der Waals surface area contributed by atoms with E-state index in [0.717, 1.165) is 0 Å². The predicted molar refractivity (Wildman–Crippen MR) is 102 cm³/mol. The molecule has 0 radical (unpaired) electrons. The van der Waals surface area contributed by atoms with Crippen LogP contribution in [0.1, 0.15) is 38.0 Å². The fourth-order valence-corrected chi connectivity index (χ4v) is 3.57. The first kappa shape index (κ1) is 18.6. The zero-order valence-electron chi connectivity index (χ0n) is 15.7. The molecule has 1 aliphatic heterocycles. The number of hydrogen-bond donors (Lipinski definition) is 0. The first-order valence-electron chi connectivity index (χ1n) is 8.75. The van der Waals surface area contributed by atoms with Crippen LogP contribution in [0.4, 0.5) is 0 Å². The lowest BCUT2D eigenvalue weighted by Crippen LogP contribution is -2.29. The molecule has 6 heteroatoms. The van der Waals surface area contributed by atoms with Crippen molar-refractivity contribution in [3.63, 3.8) is 0 Å². The molecule has 0 spiro atoms. The number of aliphatic imine (C=N–C) groups is 1. The molecule has 1 aliphatic rings. The number of nitrogens with zero attached hydrogens (tertiary/aromatic N) is 2. The van der Waals surface area contributed by atoms with Gasteiger partial charge in [0.1, 0.15) is 11.3 Å². The van der Waals surface area contributed by atoms with Gasteiger partial charge in [-0.15, -0.1) is 0 Å². The van der Waals surface area contributed by atoms with Gasteiger partial charge in [-0.05, 0) is 33.8 Å². The molecule has 1 aromatic carbocycles. The van der Waals surface area contributed by atoms with Crippen LogP contribution in [0.3, 0.4) is 0 Å². The number of fused-ring (bicyclic) bond motifs is 1. The van der Waals surface area contributed by atoms with Crippen LogP contribution in [0.2, 0.25) is 0 Å². The number of allylic oxidation sites excluding steroid dienone is 1. The summed E-state index contributed by atoms with van der Waals surface area (Å²) in [5.74, 6) is -1.33. The summed E-state index contributed by atoms with van der Waals surface area (Å²) in [7, 11) is 0. The van der Waals surface area contributed by atoms with Crippen LogP contribution >= 0.6 is 0 Å². The van der Waals surface area contributed by atoms with Gasteiger partial charge in [0.15, 0.2) is 5.43 Å². The third-order valence-corrected chi connectivity index (χ3v) is 4.71. The molecule has 3 rings (SSSR count). The zero-order chi connectivity index (χ0) is 19.7. The van der Waals surface area contributed by atoms with Gasteiger partial charge in [-0.25, -0.2) is 4.79 Å². The topological polar surface area (TPSA) is 92.7 Å². The summed E-state index contributed by atoms with van der Waals surface area (Å²) in [6.07, 6.45) is 0. The molecular formula is C21H20N2O4. The van der Waals surface area contributed by atoms with Gasteiger partial charge in [-0.3, -0.25) is 9.79 Å². The van der Waals surface area contributed by atoms with Crippen molar-refractivity contribution in [1.82, 2.24) is 0 Å². The standard InChI is InChI=1S/C21H20N2O4/c1-5-26-21(25)18-13(4)23-12(3)16(10-22)19(18)15-8-6-7-14-17(24)9-11(2)27-20(14)15/h6-9,16,19H,5H2,1-4H3/t16?,19-/m1/s1. The highest BCUT2D eigenvalue weighted by molar-refractivity contribution is 5.99. The van der Waals surface area contributed by atoms with E-state index in [4.69, 9.17) is 9.15 Å². The lowest BCUT2D eigenvalue weighted by atomic mass is 9.76. The molecule has 138 valence electrons. The Labute approximate surface area is 156 Å². The Kier molecular flexibility index (Phi) is 4.95. The Bertz CT molecular complexity index is 1090. The van der Waals surface area contributed by atoms with Crippen molar-refractivity contribution in [3.05, 3.63) is 57.1 Å². The van der Waals surface area contributed by atoms with Crippen molar-refractivity contribution in [2.45, 2.75) is 33.6 Å². The summed E-state index contributed by atoms with van der Waals surface area (Å²) in [6, 6.07) is 8.87. The normalized spacial score (nSPS) is 19.6. The number of benzene rings is 1. The number of para-hydroxylation sites is 1. The van der Waals surface area contributed by atoms with Gasteiger partial charge >= 0.3 is 5.97 Å². The van der Waals surface area contributed by atoms with Crippen LogP contribution in [0.25, 0.3) is 11.0 Å². The molecule has 1 unspecified atom stereocenters. The predicted octanol–water partition coefficient (Wildman–Crippen LogP) is 3.64. The maximum absolute atomic E-state index is 12.7. The molecule has 1 aromatic heterocycles. The highest BCUT2D eigenvalue weighted by Crippen LogP contribution is 2.41. The van der Waals surface area contributed by atoms with Crippen molar-refractivity contribution in [2.75, 3.05) is 6.61 Å². The molecule has 0 bridgehead atoms. The van der Waals surface area contributed by atoms with Crippen LogP contribution in [0.5, 0.6) is 0 Å². The van der Waals surface area contributed by atoms with Crippen molar-refractivity contribution >= 4 is 22.7 Å². The summed E-state index contributed by atoms with van der Waals surface area (Å²) >= 11 is 0. The minimum atomic E-state index is -0.662. The molecule has 0 fully saturated rings. The van der Waals surface area contributed by atoms with Gasteiger partial charge in [-0.2, -0.15) is 5.26 Å². The number of carbonyl (C=O) groups excluding carboxylic acids is 1. The van der Waals surface area contributed by atoms with E-state index in [1.165, 1.54) is 6.07 Å². The van der Waals surface area contributed by atoms with Crippen molar-refractivity contribution in [3.8, 4) is 6.07 Å². The average molecular weight is 364 g/mol. The van der Waals surface area contributed by atoms with Crippen molar-refractivity contribution < 1.29 is 13.9 Å². The van der Waals surface area contributed by atoms with Gasteiger partial charge in [0, 0.05) is 29.0 Å². The first-order valence-corrected chi connectivity index (χ1v) is 8.75. The molecule has 0 N–H and O–H groups in total. The molecule has 0 amide bonds. The van der Waals surface area contributed by atoms with E-state index in [-0.39, 0.29) is 12.0 Å². The number of aryl methyl sites for hydroxylation is 1. The third-order valence-electron chi connectivity index (χ3n) is 4.71. The first-order chi connectivity index (χ1) is 12.9. The lowest BCUT2D eigenvalue weighted by Gasteiger charge is -2.29.